The van der Waals surface area contributed by atoms with Gasteiger partial charge in [-0.2, -0.15) is 0 Å². The van der Waals surface area contributed by atoms with Gasteiger partial charge < -0.3 is 9.57 Å². The summed E-state index contributed by atoms with van der Waals surface area (Å²) in [4.78, 5) is 16.8. The van der Waals surface area contributed by atoms with Crippen molar-refractivity contribution in [3.63, 3.8) is 0 Å². The van der Waals surface area contributed by atoms with Crippen LogP contribution < -0.4 is 0 Å². The molecule has 1 atom stereocenters. The molecule has 0 amide bonds. The Bertz CT molecular complexity index is 288. The van der Waals surface area contributed by atoms with Crippen molar-refractivity contribution in [2.24, 2.45) is 5.16 Å². The lowest BCUT2D eigenvalue weighted by atomic mass is 9.94. The molecule has 0 spiro atoms. The van der Waals surface area contributed by atoms with Gasteiger partial charge in [0, 0.05) is 6.42 Å². The fraction of sp³-hybridized carbons (Fsp3) is 0.846. The molecule has 4 heteroatoms. The van der Waals surface area contributed by atoms with Crippen molar-refractivity contribution in [2.45, 2.75) is 64.9 Å². The van der Waals surface area contributed by atoms with E-state index in [2.05, 4.69) is 12.1 Å². The van der Waals surface area contributed by atoms with Gasteiger partial charge in [-0.1, -0.05) is 24.9 Å². The van der Waals surface area contributed by atoms with Crippen LogP contribution in [0.4, 0.5) is 0 Å². The first-order chi connectivity index (χ1) is 8.09. The van der Waals surface area contributed by atoms with Crippen LogP contribution in [0.15, 0.2) is 5.16 Å². The van der Waals surface area contributed by atoms with Crippen LogP contribution in [-0.4, -0.2) is 23.9 Å². The number of ether oxygens (including phenoxy) is 1. The lowest BCUT2D eigenvalue weighted by molar-refractivity contribution is -0.149. The maximum Gasteiger partial charge on any atom is 0.309 e. The quantitative estimate of drug-likeness (QED) is 0.508. The molecule has 0 radical (unpaired) electrons. The first kappa shape index (κ1) is 14.0. The topological polar surface area (TPSA) is 47.9 Å². The second-order valence-electron chi connectivity index (χ2n) is 4.81. The molecular weight excluding hydrogens is 218 g/mol. The minimum atomic E-state index is -0.492. The SMILES string of the molecule is CCCCCC1=NOC(C)(CC(=O)OCC)C1. The zero-order valence-corrected chi connectivity index (χ0v) is 11.1. The normalized spacial score (nSPS) is 23.1. The van der Waals surface area contributed by atoms with E-state index in [4.69, 9.17) is 9.57 Å². The van der Waals surface area contributed by atoms with E-state index in [9.17, 15) is 4.79 Å². The molecule has 0 fully saturated rings. The van der Waals surface area contributed by atoms with Crippen LogP contribution in [0.2, 0.25) is 0 Å². The summed E-state index contributed by atoms with van der Waals surface area (Å²) in [6.07, 6.45) is 5.57. The minimum absolute atomic E-state index is 0.208. The Kier molecular flexibility index (Phi) is 5.45. The van der Waals surface area contributed by atoms with E-state index in [0.29, 0.717) is 6.61 Å². The summed E-state index contributed by atoms with van der Waals surface area (Å²) in [5.41, 5.74) is 0.582. The van der Waals surface area contributed by atoms with Crippen LogP contribution in [0, 0.1) is 0 Å². The molecule has 1 aliphatic heterocycles. The fourth-order valence-corrected chi connectivity index (χ4v) is 2.00. The summed E-state index contributed by atoms with van der Waals surface area (Å²) in [5.74, 6) is -0.208. The van der Waals surface area contributed by atoms with Crippen molar-refractivity contribution < 1.29 is 14.4 Å². The summed E-state index contributed by atoms with van der Waals surface area (Å²) in [5, 5.41) is 4.08. The molecule has 0 bridgehead atoms. The molecule has 1 heterocycles. The van der Waals surface area contributed by atoms with Crippen molar-refractivity contribution in [1.82, 2.24) is 0 Å². The molecule has 0 aromatic heterocycles. The zero-order chi connectivity index (χ0) is 12.7. The van der Waals surface area contributed by atoms with E-state index in [1.54, 1.807) is 0 Å². The molecule has 0 aliphatic carbocycles. The lowest BCUT2D eigenvalue weighted by Gasteiger charge is -2.19. The van der Waals surface area contributed by atoms with Crippen LogP contribution in [0.3, 0.4) is 0 Å². The highest BCUT2D eigenvalue weighted by molar-refractivity contribution is 5.86. The van der Waals surface area contributed by atoms with Crippen LogP contribution in [-0.2, 0) is 14.4 Å². The van der Waals surface area contributed by atoms with Crippen LogP contribution in [0.1, 0.15) is 59.3 Å². The third kappa shape index (κ3) is 4.75. The van der Waals surface area contributed by atoms with E-state index in [-0.39, 0.29) is 12.4 Å². The van der Waals surface area contributed by atoms with Crippen LogP contribution in [0.5, 0.6) is 0 Å². The van der Waals surface area contributed by atoms with Crippen LogP contribution >= 0.6 is 0 Å². The number of esters is 1. The summed E-state index contributed by atoms with van der Waals surface area (Å²) < 4.78 is 4.93. The number of unbranched alkanes of at least 4 members (excludes halogenated alkanes) is 2. The molecule has 0 saturated heterocycles. The molecule has 4 nitrogen and oxygen atoms in total. The zero-order valence-electron chi connectivity index (χ0n) is 11.1. The molecule has 1 aliphatic rings. The molecule has 0 aromatic carbocycles. The van der Waals surface area contributed by atoms with Gasteiger partial charge in [0.25, 0.3) is 0 Å². The Morgan fingerprint density at radius 2 is 2.24 bits per heavy atom. The van der Waals surface area contributed by atoms with Gasteiger partial charge in [0.1, 0.15) is 0 Å². The molecule has 1 rings (SSSR count). The number of hydrogen-bond donors (Lipinski definition) is 0. The van der Waals surface area contributed by atoms with Crippen LogP contribution in [0.25, 0.3) is 0 Å². The van der Waals surface area contributed by atoms with E-state index in [1.807, 2.05) is 13.8 Å². The minimum Gasteiger partial charge on any atom is -0.466 e. The third-order valence-electron chi connectivity index (χ3n) is 2.87. The van der Waals surface area contributed by atoms with Gasteiger partial charge in [0.2, 0.25) is 0 Å². The lowest BCUT2D eigenvalue weighted by Crippen LogP contribution is -2.29. The fourth-order valence-electron chi connectivity index (χ4n) is 2.00. The molecule has 0 N–H and O–H groups in total. The monoisotopic (exact) mass is 241 g/mol. The maximum absolute atomic E-state index is 11.4. The Morgan fingerprint density at radius 1 is 1.47 bits per heavy atom. The molecule has 1 unspecified atom stereocenters. The van der Waals surface area contributed by atoms with E-state index in [1.165, 1.54) is 12.8 Å². The average molecular weight is 241 g/mol. The Labute approximate surface area is 103 Å². The highest BCUT2D eigenvalue weighted by Crippen LogP contribution is 2.29. The number of hydrogen-bond acceptors (Lipinski definition) is 4. The van der Waals surface area contributed by atoms with Crippen molar-refractivity contribution in [1.29, 1.82) is 0 Å². The second kappa shape index (κ2) is 6.62. The summed E-state index contributed by atoms with van der Waals surface area (Å²) >= 11 is 0. The number of carbonyl (C=O) groups is 1. The van der Waals surface area contributed by atoms with Crippen molar-refractivity contribution in [3.05, 3.63) is 0 Å². The summed E-state index contributed by atoms with van der Waals surface area (Å²) in [6, 6.07) is 0. The largest absolute Gasteiger partial charge is 0.466 e. The Hall–Kier alpha value is -1.06. The number of oxime groups is 1. The van der Waals surface area contributed by atoms with Gasteiger partial charge in [-0.05, 0) is 26.7 Å². The van der Waals surface area contributed by atoms with E-state index in [0.717, 1.165) is 25.0 Å². The van der Waals surface area contributed by atoms with Gasteiger partial charge in [0.15, 0.2) is 5.60 Å². The van der Waals surface area contributed by atoms with Gasteiger partial charge in [-0.15, -0.1) is 0 Å². The van der Waals surface area contributed by atoms with Gasteiger partial charge in [-0.3, -0.25) is 4.79 Å². The number of carbonyl (C=O) groups excluding carboxylic acids is 1. The Balaban J connectivity index is 2.32. The molecule has 0 aromatic rings. The summed E-state index contributed by atoms with van der Waals surface area (Å²) in [7, 11) is 0. The maximum atomic E-state index is 11.4. The first-order valence-corrected chi connectivity index (χ1v) is 6.49. The highest BCUT2D eigenvalue weighted by atomic mass is 16.7. The van der Waals surface area contributed by atoms with Gasteiger partial charge in [-0.25, -0.2) is 0 Å². The van der Waals surface area contributed by atoms with E-state index < -0.39 is 5.60 Å². The predicted octanol–water partition coefficient (Wildman–Crippen LogP) is 3.05. The first-order valence-electron chi connectivity index (χ1n) is 6.49. The smallest absolute Gasteiger partial charge is 0.309 e. The van der Waals surface area contributed by atoms with Crippen molar-refractivity contribution in [3.8, 4) is 0 Å². The Morgan fingerprint density at radius 3 is 2.88 bits per heavy atom. The molecule has 98 valence electrons. The van der Waals surface area contributed by atoms with Crippen molar-refractivity contribution in [2.75, 3.05) is 6.61 Å². The molecule has 0 saturated carbocycles. The van der Waals surface area contributed by atoms with Crippen molar-refractivity contribution >= 4 is 11.7 Å². The summed E-state index contributed by atoms with van der Waals surface area (Å²) in [6.45, 7) is 6.32. The molecular formula is C13H23NO3. The number of nitrogens with zero attached hydrogens (tertiary/aromatic N) is 1. The standard InChI is InChI=1S/C13H23NO3/c1-4-6-7-8-11-9-13(3,17-14-11)10-12(15)16-5-2/h4-10H2,1-3H3. The second-order valence-corrected chi connectivity index (χ2v) is 4.81. The predicted molar refractivity (Wildman–Crippen MR) is 66.9 cm³/mol. The van der Waals surface area contributed by atoms with Gasteiger partial charge in [0.05, 0.1) is 18.7 Å². The molecule has 17 heavy (non-hydrogen) atoms. The number of rotatable bonds is 7. The average Bonchev–Trinajstić information content (AvgIpc) is 2.60. The highest BCUT2D eigenvalue weighted by Gasteiger charge is 2.36. The third-order valence-corrected chi connectivity index (χ3v) is 2.87. The van der Waals surface area contributed by atoms with E-state index >= 15 is 0 Å². The van der Waals surface area contributed by atoms with Gasteiger partial charge >= 0.3 is 5.97 Å².